The Kier molecular flexibility index (Phi) is 4.98. The topological polar surface area (TPSA) is 108 Å². The quantitative estimate of drug-likeness (QED) is 0.332. The molecule has 1 aliphatic heterocycles. The highest BCUT2D eigenvalue weighted by Gasteiger charge is 2.14. The lowest BCUT2D eigenvalue weighted by Gasteiger charge is -2.11. The normalized spacial score (nSPS) is 12.1. The van der Waals surface area contributed by atoms with Gasteiger partial charge in [0.2, 0.25) is 0 Å². The molecule has 0 aliphatic carbocycles. The van der Waals surface area contributed by atoms with E-state index in [0.717, 1.165) is 23.4 Å². The monoisotopic (exact) mass is 452 g/mol. The molecule has 6 rings (SSSR count). The first kappa shape index (κ1) is 20.0. The number of aromatic amines is 2. The molecule has 5 aromatic rings. The van der Waals surface area contributed by atoms with Gasteiger partial charge >= 0.3 is 0 Å². The van der Waals surface area contributed by atoms with E-state index >= 15 is 0 Å². The second-order valence-corrected chi connectivity index (χ2v) is 7.43. The molecular weight excluding hydrogens is 438 g/mol. The zero-order chi connectivity index (χ0) is 22.2. The van der Waals surface area contributed by atoms with Crippen LogP contribution in [0, 0.1) is 18.6 Å². The van der Waals surface area contributed by atoms with Crippen LogP contribution < -0.4 is 5.32 Å². The molecule has 0 unspecified atom stereocenters. The molecule has 1 aliphatic rings. The average Bonchev–Trinajstić information content (AvgIpc) is 3.49. The molecule has 0 bridgehead atoms. The number of H-pyrrole nitrogens is 2. The largest absolute Gasteiger partial charge is 0.343 e. The van der Waals surface area contributed by atoms with Gasteiger partial charge in [0.25, 0.3) is 0 Å². The summed E-state index contributed by atoms with van der Waals surface area (Å²) in [5.41, 5.74) is 5.15. The average molecular weight is 453 g/mol. The lowest BCUT2D eigenvalue weighted by Crippen LogP contribution is -1.99. The summed E-state index contributed by atoms with van der Waals surface area (Å²) in [4.78, 5) is 25.2. The molecule has 160 valence electrons. The van der Waals surface area contributed by atoms with Crippen LogP contribution in [0.15, 0.2) is 42.2 Å². The number of fused-ring (bicyclic) bond motifs is 3. The first-order chi connectivity index (χ1) is 15.5. The molecule has 8 nitrogen and oxygen atoms in total. The van der Waals surface area contributed by atoms with E-state index in [0.29, 0.717) is 22.5 Å². The summed E-state index contributed by atoms with van der Waals surface area (Å²) in [6.45, 7) is 2.73. The first-order valence-corrected chi connectivity index (χ1v) is 9.90. The van der Waals surface area contributed by atoms with Gasteiger partial charge in [-0.2, -0.15) is 0 Å². The van der Waals surface area contributed by atoms with E-state index in [1.807, 2.05) is 19.2 Å². The van der Waals surface area contributed by atoms with Crippen molar-refractivity contribution in [2.75, 3.05) is 5.32 Å². The number of hydrogen-bond donors (Lipinski definition) is 3. The molecule has 0 fully saturated rings. The third-order valence-corrected chi connectivity index (χ3v) is 5.32. The Bertz CT molecular complexity index is 1490. The maximum Gasteiger partial charge on any atom is 0.153 e. The molecule has 0 radical (unpaired) electrons. The minimum absolute atomic E-state index is 0.133. The second kappa shape index (κ2) is 7.97. The number of nitrogens with zero attached hydrogens (tertiary/aromatic N) is 5. The van der Waals surface area contributed by atoms with E-state index in [-0.39, 0.29) is 16.4 Å². The Balaban J connectivity index is 0.000000165. The summed E-state index contributed by atoms with van der Waals surface area (Å²) in [5, 5.41) is 3.94. The lowest BCUT2D eigenvalue weighted by molar-refractivity contribution is 0.639. The van der Waals surface area contributed by atoms with Crippen molar-refractivity contribution in [3.05, 3.63) is 70.7 Å². The molecule has 0 saturated heterocycles. The standard InChI is InChI=1S/C15H12FN5.C6H3ClFN3/c1-8-2-9-4-17-5-10(9)3-12(8)21-15-13-11(16)6-18-14(13)19-7-20-15;7-5-4-3(8)1-9-6(4)11-2-10-5/h2-3,5-7H,4H2,1H3,(H2,18,19,20,21);1-2H,(H,9,10,11). The smallest absolute Gasteiger partial charge is 0.153 e. The van der Waals surface area contributed by atoms with Crippen molar-refractivity contribution in [1.29, 1.82) is 0 Å². The molecule has 11 heteroatoms. The summed E-state index contributed by atoms with van der Waals surface area (Å²) in [5.74, 6) is -0.337. The minimum atomic E-state index is -0.425. The van der Waals surface area contributed by atoms with Crippen LogP contribution in [0.1, 0.15) is 16.7 Å². The lowest BCUT2D eigenvalue weighted by atomic mass is 10.0. The van der Waals surface area contributed by atoms with Gasteiger partial charge in [-0.15, -0.1) is 0 Å². The number of halogens is 3. The van der Waals surface area contributed by atoms with Gasteiger partial charge in [-0.3, -0.25) is 4.99 Å². The van der Waals surface area contributed by atoms with Crippen molar-refractivity contribution < 1.29 is 8.78 Å². The molecule has 4 aromatic heterocycles. The van der Waals surface area contributed by atoms with Gasteiger partial charge < -0.3 is 15.3 Å². The van der Waals surface area contributed by atoms with Crippen molar-refractivity contribution in [3.63, 3.8) is 0 Å². The maximum atomic E-state index is 13.9. The second-order valence-electron chi connectivity index (χ2n) is 7.07. The van der Waals surface area contributed by atoms with Crippen LogP contribution >= 0.6 is 11.6 Å². The highest BCUT2D eigenvalue weighted by Crippen LogP contribution is 2.29. The Morgan fingerprint density at radius 2 is 1.62 bits per heavy atom. The van der Waals surface area contributed by atoms with Crippen LogP contribution in [-0.4, -0.2) is 36.1 Å². The van der Waals surface area contributed by atoms with Crippen LogP contribution in [0.5, 0.6) is 0 Å². The van der Waals surface area contributed by atoms with Gasteiger partial charge in [0.05, 0.1) is 17.3 Å². The van der Waals surface area contributed by atoms with Crippen LogP contribution in [0.25, 0.3) is 22.1 Å². The molecular formula is C21H15ClF2N8. The summed E-state index contributed by atoms with van der Waals surface area (Å²) in [6.07, 6.45) is 7.02. The fourth-order valence-electron chi connectivity index (χ4n) is 3.46. The highest BCUT2D eigenvalue weighted by molar-refractivity contribution is 6.33. The SMILES string of the molecule is Cc1cc2c(cc1Nc1ncnc3[nH]cc(F)c13)C=NC2.Fc1c[nH]c2ncnc(Cl)c12. The van der Waals surface area contributed by atoms with Gasteiger partial charge in [0, 0.05) is 24.3 Å². The van der Waals surface area contributed by atoms with E-state index < -0.39 is 5.82 Å². The number of aliphatic imine (C=N–C) groups is 1. The maximum absolute atomic E-state index is 13.9. The van der Waals surface area contributed by atoms with Crippen molar-refractivity contribution >= 4 is 51.4 Å². The fourth-order valence-corrected chi connectivity index (χ4v) is 3.68. The summed E-state index contributed by atoms with van der Waals surface area (Å²) >= 11 is 5.59. The van der Waals surface area contributed by atoms with Gasteiger partial charge in [0.1, 0.15) is 34.9 Å². The number of nitrogens with one attached hydrogen (secondary N) is 3. The molecule has 3 N–H and O–H groups in total. The Labute approximate surface area is 184 Å². The van der Waals surface area contributed by atoms with Crippen LogP contribution in [0.4, 0.5) is 20.3 Å². The first-order valence-electron chi connectivity index (χ1n) is 9.52. The molecule has 0 atom stereocenters. The van der Waals surface area contributed by atoms with Crippen LogP contribution in [-0.2, 0) is 6.54 Å². The number of anilines is 2. The Morgan fingerprint density at radius 3 is 2.38 bits per heavy atom. The number of benzene rings is 1. The van der Waals surface area contributed by atoms with Crippen molar-refractivity contribution in [3.8, 4) is 0 Å². The predicted octanol–water partition coefficient (Wildman–Crippen LogP) is 4.83. The Hall–Kier alpha value is -3.92. The minimum Gasteiger partial charge on any atom is -0.343 e. The Morgan fingerprint density at radius 1 is 0.938 bits per heavy atom. The van der Waals surface area contributed by atoms with E-state index in [4.69, 9.17) is 11.6 Å². The van der Waals surface area contributed by atoms with E-state index in [1.165, 1.54) is 30.6 Å². The van der Waals surface area contributed by atoms with Gasteiger partial charge in [-0.05, 0) is 29.7 Å². The predicted molar refractivity (Wildman–Crippen MR) is 118 cm³/mol. The number of aromatic nitrogens is 6. The zero-order valence-corrected chi connectivity index (χ0v) is 17.4. The summed E-state index contributed by atoms with van der Waals surface area (Å²) < 4.78 is 26.7. The van der Waals surface area contributed by atoms with Crippen molar-refractivity contribution in [1.82, 2.24) is 29.9 Å². The molecule has 5 heterocycles. The molecule has 0 amide bonds. The van der Waals surface area contributed by atoms with Crippen LogP contribution in [0.3, 0.4) is 0 Å². The highest BCUT2D eigenvalue weighted by atomic mass is 35.5. The summed E-state index contributed by atoms with van der Waals surface area (Å²) in [7, 11) is 0. The van der Waals surface area contributed by atoms with E-state index in [1.54, 1.807) is 0 Å². The molecule has 32 heavy (non-hydrogen) atoms. The van der Waals surface area contributed by atoms with Crippen molar-refractivity contribution in [2.45, 2.75) is 13.5 Å². The number of rotatable bonds is 2. The molecule has 0 saturated carbocycles. The number of aryl methyl sites for hydroxylation is 1. The fraction of sp³-hybridized carbons (Fsp3) is 0.0952. The third kappa shape index (κ3) is 3.54. The molecule has 0 spiro atoms. The zero-order valence-electron chi connectivity index (χ0n) is 16.6. The van der Waals surface area contributed by atoms with E-state index in [9.17, 15) is 8.78 Å². The summed E-state index contributed by atoms with van der Waals surface area (Å²) in [6, 6.07) is 4.11. The third-order valence-electron chi connectivity index (χ3n) is 5.03. The molecule has 1 aromatic carbocycles. The van der Waals surface area contributed by atoms with Gasteiger partial charge in [-0.25, -0.2) is 28.7 Å². The van der Waals surface area contributed by atoms with Crippen LogP contribution in [0.2, 0.25) is 5.15 Å². The number of hydrogen-bond acceptors (Lipinski definition) is 6. The van der Waals surface area contributed by atoms with Gasteiger partial charge in [0.15, 0.2) is 11.6 Å². The van der Waals surface area contributed by atoms with E-state index in [2.05, 4.69) is 46.3 Å². The van der Waals surface area contributed by atoms with Gasteiger partial charge in [-0.1, -0.05) is 17.7 Å². The van der Waals surface area contributed by atoms with Crippen molar-refractivity contribution in [2.24, 2.45) is 4.99 Å².